The lowest BCUT2D eigenvalue weighted by molar-refractivity contribution is -0.117. The largest absolute Gasteiger partial charge is 0.349 e. The van der Waals surface area contributed by atoms with E-state index in [1.807, 2.05) is 0 Å². The number of hydrogen-bond donors (Lipinski definition) is 1. The minimum atomic E-state index is -3.33. The number of nitrogens with one attached hydrogen (secondary N) is 1. The SMILES string of the molecule is O=C(NC1CC1)C1=CN2CCS(=O)(=O)N=C2C=C1. The van der Waals surface area contributed by atoms with E-state index < -0.39 is 10.0 Å². The van der Waals surface area contributed by atoms with Crippen molar-refractivity contribution in [3.63, 3.8) is 0 Å². The molecule has 3 aliphatic rings. The molecule has 0 aromatic carbocycles. The zero-order valence-corrected chi connectivity index (χ0v) is 10.5. The first-order valence-electron chi connectivity index (χ1n) is 5.83. The van der Waals surface area contributed by atoms with E-state index in [4.69, 9.17) is 0 Å². The molecule has 1 fully saturated rings. The molecule has 0 unspecified atom stereocenters. The summed E-state index contributed by atoms with van der Waals surface area (Å²) in [6, 6.07) is 0.309. The number of sulfonamides is 1. The van der Waals surface area contributed by atoms with Gasteiger partial charge in [0.05, 0.1) is 11.3 Å². The average molecular weight is 267 g/mol. The molecule has 96 valence electrons. The van der Waals surface area contributed by atoms with E-state index in [0.717, 1.165) is 12.8 Å². The van der Waals surface area contributed by atoms with Crippen LogP contribution in [0.4, 0.5) is 0 Å². The third-order valence-corrected chi connectivity index (χ3v) is 4.16. The molecule has 1 amide bonds. The van der Waals surface area contributed by atoms with E-state index in [-0.39, 0.29) is 11.7 Å². The molecule has 0 atom stereocenters. The van der Waals surface area contributed by atoms with E-state index >= 15 is 0 Å². The van der Waals surface area contributed by atoms with Gasteiger partial charge in [0.15, 0.2) is 0 Å². The smallest absolute Gasteiger partial charge is 0.256 e. The Morgan fingerprint density at radius 1 is 1.39 bits per heavy atom. The van der Waals surface area contributed by atoms with Gasteiger partial charge in [-0.3, -0.25) is 4.79 Å². The van der Waals surface area contributed by atoms with Gasteiger partial charge in [-0.25, -0.2) is 8.42 Å². The van der Waals surface area contributed by atoms with Gasteiger partial charge in [0.25, 0.3) is 15.9 Å². The van der Waals surface area contributed by atoms with Gasteiger partial charge in [-0.05, 0) is 25.0 Å². The molecule has 3 rings (SSSR count). The molecule has 1 aliphatic carbocycles. The van der Waals surface area contributed by atoms with E-state index in [0.29, 0.717) is 24.0 Å². The highest BCUT2D eigenvalue weighted by molar-refractivity contribution is 7.90. The Morgan fingerprint density at radius 2 is 2.17 bits per heavy atom. The first-order valence-corrected chi connectivity index (χ1v) is 7.44. The van der Waals surface area contributed by atoms with Crippen molar-refractivity contribution in [2.24, 2.45) is 4.40 Å². The summed E-state index contributed by atoms with van der Waals surface area (Å²) in [5.74, 6) is 0.253. The second-order valence-electron chi connectivity index (χ2n) is 4.59. The van der Waals surface area contributed by atoms with Gasteiger partial charge in [-0.1, -0.05) is 0 Å². The maximum absolute atomic E-state index is 11.8. The van der Waals surface area contributed by atoms with Crippen LogP contribution in [0.15, 0.2) is 28.3 Å². The minimum Gasteiger partial charge on any atom is -0.349 e. The lowest BCUT2D eigenvalue weighted by Gasteiger charge is -2.26. The molecule has 1 N–H and O–H groups in total. The number of amidine groups is 1. The average Bonchev–Trinajstić information content (AvgIpc) is 3.11. The lowest BCUT2D eigenvalue weighted by Crippen LogP contribution is -2.38. The van der Waals surface area contributed by atoms with Crippen LogP contribution in [0.5, 0.6) is 0 Å². The summed E-state index contributed by atoms with van der Waals surface area (Å²) in [6.45, 7) is 0.339. The van der Waals surface area contributed by atoms with Gasteiger partial charge in [-0.2, -0.15) is 0 Å². The van der Waals surface area contributed by atoms with Gasteiger partial charge in [-0.15, -0.1) is 4.40 Å². The van der Waals surface area contributed by atoms with Gasteiger partial charge in [0.1, 0.15) is 5.84 Å². The third-order valence-electron chi connectivity index (χ3n) is 3.00. The van der Waals surface area contributed by atoms with Gasteiger partial charge in [0.2, 0.25) is 0 Å². The lowest BCUT2D eigenvalue weighted by atomic mass is 10.2. The molecule has 18 heavy (non-hydrogen) atoms. The Bertz CT molecular complexity index is 585. The first-order chi connectivity index (χ1) is 8.53. The monoisotopic (exact) mass is 267 g/mol. The number of fused-ring (bicyclic) bond motifs is 1. The van der Waals surface area contributed by atoms with Crippen LogP contribution in [0.25, 0.3) is 0 Å². The van der Waals surface area contributed by atoms with Crippen LogP contribution in [0.1, 0.15) is 12.8 Å². The zero-order chi connectivity index (χ0) is 12.8. The van der Waals surface area contributed by atoms with E-state index in [9.17, 15) is 13.2 Å². The number of rotatable bonds is 2. The number of nitrogens with zero attached hydrogens (tertiary/aromatic N) is 2. The molecule has 0 radical (unpaired) electrons. The van der Waals surface area contributed by atoms with E-state index in [1.165, 1.54) is 0 Å². The van der Waals surface area contributed by atoms with Crippen LogP contribution in [0, 0.1) is 0 Å². The summed E-state index contributed by atoms with van der Waals surface area (Å²) in [5, 5.41) is 2.89. The van der Waals surface area contributed by atoms with E-state index in [1.54, 1.807) is 23.3 Å². The fourth-order valence-electron chi connectivity index (χ4n) is 1.83. The molecular formula is C11H13N3O3S. The van der Waals surface area contributed by atoms with Crippen LogP contribution in [0.3, 0.4) is 0 Å². The van der Waals surface area contributed by atoms with Crippen LogP contribution in [0.2, 0.25) is 0 Å². The molecule has 0 aromatic rings. The summed E-state index contributed by atoms with van der Waals surface area (Å²) in [7, 11) is -3.33. The predicted molar refractivity (Wildman–Crippen MR) is 66.3 cm³/mol. The van der Waals surface area contributed by atoms with Crippen molar-refractivity contribution >= 4 is 21.8 Å². The topological polar surface area (TPSA) is 78.8 Å². The highest BCUT2D eigenvalue weighted by Gasteiger charge is 2.27. The maximum atomic E-state index is 11.8. The molecule has 6 nitrogen and oxygen atoms in total. The molecule has 0 saturated heterocycles. The van der Waals surface area contributed by atoms with Gasteiger partial charge in [0, 0.05) is 18.8 Å². The molecule has 2 heterocycles. The third kappa shape index (κ3) is 2.31. The summed E-state index contributed by atoms with van der Waals surface area (Å²) >= 11 is 0. The highest BCUT2D eigenvalue weighted by atomic mass is 32.2. The Labute approximate surface area is 105 Å². The quantitative estimate of drug-likeness (QED) is 0.749. The molecule has 0 spiro atoms. The van der Waals surface area contributed by atoms with Crippen LogP contribution < -0.4 is 5.32 Å². The number of hydrogen-bond acceptors (Lipinski definition) is 4. The van der Waals surface area contributed by atoms with Crippen molar-refractivity contribution < 1.29 is 13.2 Å². The summed E-state index contributed by atoms with van der Waals surface area (Å²) < 4.78 is 26.3. The van der Waals surface area contributed by atoms with Gasteiger partial charge >= 0.3 is 0 Å². The number of amides is 1. The summed E-state index contributed by atoms with van der Waals surface area (Å²) in [6.07, 6.45) is 6.91. The van der Waals surface area contributed by atoms with Crippen molar-refractivity contribution in [3.8, 4) is 0 Å². The standard InChI is InChI=1S/C11H13N3O3S/c15-11(12-9-2-3-9)8-1-4-10-13-18(16,17)6-5-14(10)7-8/h1,4,7,9H,2-3,5-6H2,(H,12,15). The molecule has 1 saturated carbocycles. The van der Waals surface area contributed by atoms with Crippen molar-refractivity contribution in [2.75, 3.05) is 12.3 Å². The van der Waals surface area contributed by atoms with Crippen molar-refractivity contribution in [1.82, 2.24) is 10.2 Å². The van der Waals surface area contributed by atoms with Crippen molar-refractivity contribution in [3.05, 3.63) is 23.9 Å². The molecule has 0 bridgehead atoms. The van der Waals surface area contributed by atoms with Crippen LogP contribution in [-0.2, 0) is 14.8 Å². The highest BCUT2D eigenvalue weighted by Crippen LogP contribution is 2.21. The molecular weight excluding hydrogens is 254 g/mol. The van der Waals surface area contributed by atoms with Crippen molar-refractivity contribution in [1.29, 1.82) is 0 Å². The maximum Gasteiger partial charge on any atom is 0.256 e. The fourth-order valence-corrected chi connectivity index (χ4v) is 2.80. The Morgan fingerprint density at radius 3 is 2.89 bits per heavy atom. The second-order valence-corrected chi connectivity index (χ2v) is 6.35. The molecule has 7 heteroatoms. The summed E-state index contributed by atoms with van der Waals surface area (Å²) in [4.78, 5) is 13.5. The minimum absolute atomic E-state index is 0.0155. The Hall–Kier alpha value is -1.63. The molecule has 0 aromatic heterocycles. The predicted octanol–water partition coefficient (Wildman–Crippen LogP) is -0.237. The van der Waals surface area contributed by atoms with Gasteiger partial charge < -0.3 is 10.2 Å². The fraction of sp³-hybridized carbons (Fsp3) is 0.455. The zero-order valence-electron chi connectivity index (χ0n) is 9.67. The Balaban J connectivity index is 1.80. The van der Waals surface area contributed by atoms with Crippen LogP contribution in [-0.4, -0.2) is 43.4 Å². The molecule has 2 aliphatic heterocycles. The second kappa shape index (κ2) is 3.94. The normalized spacial score (nSPS) is 25.0. The number of carbonyl (C=O) groups is 1. The first kappa shape index (κ1) is 11.5. The Kier molecular flexibility index (Phi) is 2.51. The summed E-state index contributed by atoms with van der Waals surface area (Å²) in [5.41, 5.74) is 0.542. The van der Waals surface area contributed by atoms with Crippen molar-refractivity contribution in [2.45, 2.75) is 18.9 Å². The van der Waals surface area contributed by atoms with Crippen LogP contribution >= 0.6 is 0 Å². The number of carbonyl (C=O) groups excluding carboxylic acids is 1. The van der Waals surface area contributed by atoms with E-state index in [2.05, 4.69) is 9.71 Å².